The van der Waals surface area contributed by atoms with Gasteiger partial charge in [-0.3, -0.25) is 4.79 Å². The van der Waals surface area contributed by atoms with E-state index >= 15 is 0 Å². The lowest BCUT2D eigenvalue weighted by atomic mass is 9.88. The molecule has 0 bridgehead atoms. The van der Waals surface area contributed by atoms with Crippen molar-refractivity contribution in [1.29, 1.82) is 0 Å². The van der Waals surface area contributed by atoms with E-state index in [2.05, 4.69) is 25.1 Å². The van der Waals surface area contributed by atoms with Crippen molar-refractivity contribution in [2.75, 3.05) is 53.0 Å². The zero-order chi connectivity index (χ0) is 22.0. The Morgan fingerprint density at radius 1 is 1.00 bits per heavy atom. The minimum atomic E-state index is 0.154. The van der Waals surface area contributed by atoms with Crippen LogP contribution >= 0.6 is 0 Å². The highest BCUT2D eigenvalue weighted by Crippen LogP contribution is 2.37. The van der Waals surface area contributed by atoms with Gasteiger partial charge >= 0.3 is 0 Å². The van der Waals surface area contributed by atoms with Crippen molar-refractivity contribution in [3.05, 3.63) is 23.8 Å². The van der Waals surface area contributed by atoms with Crippen molar-refractivity contribution in [3.63, 3.8) is 0 Å². The molecule has 0 unspecified atom stereocenters. The maximum Gasteiger partial charge on any atom is 0.231 e. The van der Waals surface area contributed by atoms with Crippen molar-refractivity contribution < 1.29 is 14.3 Å². The quantitative estimate of drug-likeness (QED) is 0.675. The van der Waals surface area contributed by atoms with E-state index in [1.54, 1.807) is 0 Å². The van der Waals surface area contributed by atoms with Crippen molar-refractivity contribution >= 4 is 22.6 Å². The standard InChI is InChI=1S/C24H34N4O3/c1-26(2)10-11-28(24(29)17-8-6-5-7-9-17)15-19-12-18-13-21-22(31-16-30-21)14-20(18)25-23(19)27(3)4/h12-14,17H,5-11,15-16H2,1-4H3. The molecule has 2 aliphatic rings. The normalized spacial score (nSPS) is 16.2. The first-order chi connectivity index (χ1) is 14.9. The van der Waals surface area contributed by atoms with Crippen molar-refractivity contribution in [3.8, 4) is 11.5 Å². The van der Waals surface area contributed by atoms with E-state index in [-0.39, 0.29) is 18.6 Å². The van der Waals surface area contributed by atoms with E-state index in [0.717, 1.165) is 66.0 Å². The number of rotatable bonds is 7. The molecule has 7 nitrogen and oxygen atoms in total. The summed E-state index contributed by atoms with van der Waals surface area (Å²) in [5, 5.41) is 1.00. The number of hydrogen-bond acceptors (Lipinski definition) is 6. The number of carbonyl (C=O) groups excluding carboxylic acids is 1. The summed E-state index contributed by atoms with van der Waals surface area (Å²) in [6.45, 7) is 2.37. The first-order valence-corrected chi connectivity index (χ1v) is 11.3. The number of carbonyl (C=O) groups is 1. The molecular formula is C24H34N4O3. The molecule has 1 aliphatic heterocycles. The van der Waals surface area contributed by atoms with Gasteiger partial charge in [-0.1, -0.05) is 19.3 Å². The van der Waals surface area contributed by atoms with Crippen LogP contribution in [0.5, 0.6) is 11.5 Å². The van der Waals surface area contributed by atoms with Crippen LogP contribution in [-0.2, 0) is 11.3 Å². The van der Waals surface area contributed by atoms with Crippen LogP contribution in [0.25, 0.3) is 10.9 Å². The van der Waals surface area contributed by atoms with Crippen molar-refractivity contribution in [1.82, 2.24) is 14.8 Å². The molecule has 4 rings (SSSR count). The van der Waals surface area contributed by atoms with Crippen LogP contribution in [0.4, 0.5) is 5.82 Å². The molecule has 0 saturated heterocycles. The molecule has 1 amide bonds. The summed E-state index contributed by atoms with van der Waals surface area (Å²) >= 11 is 0. The molecule has 168 valence electrons. The minimum Gasteiger partial charge on any atom is -0.454 e. The summed E-state index contributed by atoms with van der Waals surface area (Å²) in [6, 6.07) is 6.07. The number of benzene rings is 1. The van der Waals surface area contributed by atoms with Crippen LogP contribution in [0, 0.1) is 5.92 Å². The summed E-state index contributed by atoms with van der Waals surface area (Å²) in [4.78, 5) is 24.6. The highest BCUT2D eigenvalue weighted by molar-refractivity contribution is 5.86. The molecule has 0 N–H and O–H groups in total. The molecule has 1 aliphatic carbocycles. The van der Waals surface area contributed by atoms with E-state index in [9.17, 15) is 4.79 Å². The van der Waals surface area contributed by atoms with Gasteiger partial charge in [-0.2, -0.15) is 0 Å². The maximum atomic E-state index is 13.5. The van der Waals surface area contributed by atoms with Gasteiger partial charge in [0, 0.05) is 56.7 Å². The molecule has 1 fully saturated rings. The Balaban J connectivity index is 1.66. The SMILES string of the molecule is CN(C)CCN(Cc1cc2cc3c(cc2nc1N(C)C)OCO3)C(=O)C1CCCCC1. The monoisotopic (exact) mass is 426 g/mol. The number of aromatic nitrogens is 1. The van der Waals surface area contributed by atoms with Gasteiger partial charge in [-0.25, -0.2) is 4.98 Å². The highest BCUT2D eigenvalue weighted by Gasteiger charge is 2.27. The number of amides is 1. The lowest BCUT2D eigenvalue weighted by molar-refractivity contribution is -0.137. The second-order valence-electron chi connectivity index (χ2n) is 9.16. The fraction of sp³-hybridized carbons (Fsp3) is 0.583. The summed E-state index contributed by atoms with van der Waals surface area (Å²) in [5.74, 6) is 2.81. The predicted octanol–water partition coefficient (Wildman–Crippen LogP) is 3.50. The van der Waals surface area contributed by atoms with Gasteiger partial charge < -0.3 is 24.2 Å². The summed E-state index contributed by atoms with van der Waals surface area (Å²) < 4.78 is 11.1. The fourth-order valence-electron chi connectivity index (χ4n) is 4.50. The third kappa shape index (κ3) is 4.87. The summed E-state index contributed by atoms with van der Waals surface area (Å²) in [7, 11) is 8.10. The Bertz CT molecular complexity index is 938. The topological polar surface area (TPSA) is 58.1 Å². The second kappa shape index (κ2) is 9.30. The van der Waals surface area contributed by atoms with Crippen LogP contribution in [-0.4, -0.2) is 68.8 Å². The molecule has 0 spiro atoms. The zero-order valence-electron chi connectivity index (χ0n) is 19.2. The number of pyridine rings is 1. The smallest absolute Gasteiger partial charge is 0.231 e. The van der Waals surface area contributed by atoms with Gasteiger partial charge in [0.1, 0.15) is 5.82 Å². The lowest BCUT2D eigenvalue weighted by Crippen LogP contribution is -2.40. The van der Waals surface area contributed by atoms with E-state index in [4.69, 9.17) is 14.5 Å². The Morgan fingerprint density at radius 2 is 1.71 bits per heavy atom. The lowest BCUT2D eigenvalue weighted by Gasteiger charge is -2.31. The van der Waals surface area contributed by atoms with Crippen LogP contribution in [0.2, 0.25) is 0 Å². The van der Waals surface area contributed by atoms with E-state index in [1.165, 1.54) is 6.42 Å². The molecule has 7 heteroatoms. The van der Waals surface area contributed by atoms with Crippen LogP contribution < -0.4 is 14.4 Å². The van der Waals surface area contributed by atoms with Crippen LogP contribution in [0.3, 0.4) is 0 Å². The van der Waals surface area contributed by atoms with Crippen molar-refractivity contribution in [2.45, 2.75) is 38.6 Å². The second-order valence-corrected chi connectivity index (χ2v) is 9.16. The molecule has 0 atom stereocenters. The third-order valence-electron chi connectivity index (χ3n) is 6.23. The molecule has 2 aromatic rings. The molecule has 1 saturated carbocycles. The van der Waals surface area contributed by atoms with Gasteiger partial charge in [-0.15, -0.1) is 0 Å². The number of likely N-dealkylation sites (N-methyl/N-ethyl adjacent to an activating group) is 1. The Kier molecular flexibility index (Phi) is 6.51. The Morgan fingerprint density at radius 3 is 2.39 bits per heavy atom. The number of nitrogens with zero attached hydrogens (tertiary/aromatic N) is 4. The van der Waals surface area contributed by atoms with Gasteiger partial charge in [0.15, 0.2) is 11.5 Å². The third-order valence-corrected chi connectivity index (χ3v) is 6.23. The molecule has 31 heavy (non-hydrogen) atoms. The van der Waals surface area contributed by atoms with E-state index in [1.807, 2.05) is 36.0 Å². The summed E-state index contributed by atoms with van der Waals surface area (Å²) in [5.41, 5.74) is 1.93. The fourth-order valence-corrected chi connectivity index (χ4v) is 4.50. The molecule has 0 radical (unpaired) electrons. The first-order valence-electron chi connectivity index (χ1n) is 11.3. The average Bonchev–Trinajstić information content (AvgIpc) is 3.21. The maximum absolute atomic E-state index is 13.5. The molecular weight excluding hydrogens is 392 g/mol. The number of fused-ring (bicyclic) bond motifs is 2. The number of hydrogen-bond donors (Lipinski definition) is 0. The largest absolute Gasteiger partial charge is 0.454 e. The summed E-state index contributed by atoms with van der Waals surface area (Å²) in [6.07, 6.45) is 5.59. The number of anilines is 1. The van der Waals surface area contributed by atoms with Gasteiger partial charge in [-0.05, 0) is 39.1 Å². The Hall–Kier alpha value is -2.54. The van der Waals surface area contributed by atoms with E-state index < -0.39 is 0 Å². The van der Waals surface area contributed by atoms with Crippen LogP contribution in [0.15, 0.2) is 18.2 Å². The predicted molar refractivity (Wildman–Crippen MR) is 123 cm³/mol. The highest BCUT2D eigenvalue weighted by atomic mass is 16.7. The van der Waals surface area contributed by atoms with E-state index in [0.29, 0.717) is 13.1 Å². The molecule has 2 heterocycles. The molecule has 1 aromatic heterocycles. The van der Waals surface area contributed by atoms with Gasteiger partial charge in [0.05, 0.1) is 5.52 Å². The van der Waals surface area contributed by atoms with Crippen LogP contribution in [0.1, 0.15) is 37.7 Å². The Labute approximate surface area is 184 Å². The average molecular weight is 427 g/mol. The number of ether oxygens (including phenoxy) is 2. The van der Waals surface area contributed by atoms with Gasteiger partial charge in [0.25, 0.3) is 0 Å². The molecule has 1 aromatic carbocycles. The minimum absolute atomic E-state index is 0.154. The van der Waals surface area contributed by atoms with Crippen molar-refractivity contribution in [2.24, 2.45) is 5.92 Å². The zero-order valence-corrected chi connectivity index (χ0v) is 19.2. The first kappa shape index (κ1) is 21.7. The van der Waals surface area contributed by atoms with Gasteiger partial charge in [0.2, 0.25) is 12.7 Å².